The zero-order valence-corrected chi connectivity index (χ0v) is 9.66. The van der Waals surface area contributed by atoms with Crippen molar-refractivity contribution in [2.24, 2.45) is 0 Å². The van der Waals surface area contributed by atoms with Crippen LogP contribution in [0.5, 0.6) is 0 Å². The maximum Gasteiger partial charge on any atom is 0.253 e. The van der Waals surface area contributed by atoms with Gasteiger partial charge in [0, 0.05) is 30.5 Å². The summed E-state index contributed by atoms with van der Waals surface area (Å²) in [6, 6.07) is 3.61. The van der Waals surface area contributed by atoms with E-state index in [9.17, 15) is 4.79 Å². The Balaban J connectivity index is 0.000000531. The molecule has 1 amide bonds. The molecule has 3 heteroatoms. The molecule has 0 spiro atoms. The first-order valence-corrected chi connectivity index (χ1v) is 5.49. The van der Waals surface area contributed by atoms with Crippen LogP contribution in [-0.4, -0.2) is 28.9 Å². The Morgan fingerprint density at radius 3 is 2.53 bits per heavy atom. The lowest BCUT2D eigenvalue weighted by Crippen LogP contribution is -2.42. The Morgan fingerprint density at radius 2 is 2.07 bits per heavy atom. The third-order valence-electron chi connectivity index (χ3n) is 2.29. The fourth-order valence-corrected chi connectivity index (χ4v) is 1.38. The molecule has 1 aromatic heterocycles. The first-order valence-electron chi connectivity index (χ1n) is 5.49. The molecular formula is C12H18N2O. The maximum atomic E-state index is 11.7. The van der Waals surface area contributed by atoms with Gasteiger partial charge in [-0.2, -0.15) is 0 Å². The topological polar surface area (TPSA) is 33.2 Å². The summed E-state index contributed by atoms with van der Waals surface area (Å²) in [6.45, 7) is 7.70. The molecule has 1 fully saturated rings. The number of aryl methyl sites for hydroxylation is 1. The van der Waals surface area contributed by atoms with Crippen molar-refractivity contribution in [3.63, 3.8) is 0 Å². The fourth-order valence-electron chi connectivity index (χ4n) is 1.38. The summed E-state index contributed by atoms with van der Waals surface area (Å²) < 4.78 is 0. The van der Waals surface area contributed by atoms with Crippen LogP contribution < -0.4 is 0 Å². The van der Waals surface area contributed by atoms with Crippen molar-refractivity contribution in [2.45, 2.75) is 27.2 Å². The minimum atomic E-state index is 0.136. The van der Waals surface area contributed by atoms with Crippen LogP contribution >= 0.6 is 0 Å². The predicted molar refractivity (Wildman–Crippen MR) is 60.8 cm³/mol. The highest BCUT2D eigenvalue weighted by Gasteiger charge is 2.21. The summed E-state index contributed by atoms with van der Waals surface area (Å²) in [5, 5.41) is 0. The van der Waals surface area contributed by atoms with Crippen molar-refractivity contribution >= 4 is 5.91 Å². The Kier molecular flexibility index (Phi) is 4.28. The molecule has 1 aromatic rings. The summed E-state index contributed by atoms with van der Waals surface area (Å²) in [7, 11) is 0. The highest BCUT2D eigenvalue weighted by molar-refractivity contribution is 5.94. The molecule has 1 saturated heterocycles. The van der Waals surface area contributed by atoms with E-state index >= 15 is 0 Å². The molecule has 1 aliphatic rings. The number of amides is 1. The molecule has 3 nitrogen and oxygen atoms in total. The highest BCUT2D eigenvalue weighted by atomic mass is 16.2. The van der Waals surface area contributed by atoms with Crippen LogP contribution in [0.1, 0.15) is 36.3 Å². The smallest absolute Gasteiger partial charge is 0.253 e. The van der Waals surface area contributed by atoms with Gasteiger partial charge in [-0.1, -0.05) is 13.8 Å². The van der Waals surface area contributed by atoms with E-state index in [1.54, 1.807) is 12.3 Å². The molecule has 2 heterocycles. The van der Waals surface area contributed by atoms with E-state index in [0.717, 1.165) is 30.8 Å². The van der Waals surface area contributed by atoms with E-state index in [1.807, 2.05) is 31.7 Å². The van der Waals surface area contributed by atoms with Crippen molar-refractivity contribution in [1.82, 2.24) is 9.88 Å². The lowest BCUT2D eigenvalue weighted by molar-refractivity contribution is 0.0651. The molecule has 0 aliphatic carbocycles. The predicted octanol–water partition coefficient (Wildman–Crippen LogP) is 2.26. The summed E-state index contributed by atoms with van der Waals surface area (Å²) in [5.41, 5.74) is 1.65. The molecular weight excluding hydrogens is 188 g/mol. The maximum absolute atomic E-state index is 11.7. The normalized spacial score (nSPS) is 13.7. The summed E-state index contributed by atoms with van der Waals surface area (Å²) >= 11 is 0. The quantitative estimate of drug-likeness (QED) is 0.706. The van der Waals surface area contributed by atoms with E-state index in [-0.39, 0.29) is 5.91 Å². The zero-order chi connectivity index (χ0) is 11.3. The average molecular weight is 206 g/mol. The van der Waals surface area contributed by atoms with Gasteiger partial charge in [0.25, 0.3) is 5.91 Å². The van der Waals surface area contributed by atoms with Crippen molar-refractivity contribution in [1.29, 1.82) is 0 Å². The van der Waals surface area contributed by atoms with Crippen LogP contribution in [-0.2, 0) is 0 Å². The number of pyridine rings is 1. The third kappa shape index (κ3) is 2.78. The van der Waals surface area contributed by atoms with Gasteiger partial charge in [0.15, 0.2) is 0 Å². The lowest BCUT2D eigenvalue weighted by Gasteiger charge is -2.30. The SMILES string of the molecule is CC.Cc1cc(C(=O)N2CCC2)ccn1. The van der Waals surface area contributed by atoms with Crippen LogP contribution in [0.2, 0.25) is 0 Å². The molecule has 0 radical (unpaired) electrons. The van der Waals surface area contributed by atoms with E-state index in [2.05, 4.69) is 4.98 Å². The molecule has 82 valence electrons. The largest absolute Gasteiger partial charge is 0.339 e. The van der Waals surface area contributed by atoms with Gasteiger partial charge in [-0.05, 0) is 25.5 Å². The van der Waals surface area contributed by atoms with E-state index in [0.29, 0.717) is 0 Å². The Labute approximate surface area is 91.1 Å². The van der Waals surface area contributed by atoms with Crippen molar-refractivity contribution in [2.75, 3.05) is 13.1 Å². The molecule has 1 aliphatic heterocycles. The first kappa shape index (κ1) is 11.7. The van der Waals surface area contributed by atoms with Crippen molar-refractivity contribution in [3.05, 3.63) is 29.6 Å². The third-order valence-corrected chi connectivity index (χ3v) is 2.29. The van der Waals surface area contributed by atoms with E-state index in [1.165, 1.54) is 0 Å². The average Bonchev–Trinajstić information content (AvgIpc) is 2.18. The number of carbonyl (C=O) groups excluding carboxylic acids is 1. The first-order chi connectivity index (χ1) is 7.27. The Hall–Kier alpha value is -1.38. The standard InChI is InChI=1S/C10H12N2O.C2H6/c1-8-7-9(3-4-11-8)10(13)12-5-2-6-12;1-2/h3-4,7H,2,5-6H2,1H3;1-2H3. The number of aromatic nitrogens is 1. The molecule has 0 aromatic carbocycles. The monoisotopic (exact) mass is 206 g/mol. The number of likely N-dealkylation sites (tertiary alicyclic amines) is 1. The van der Waals surface area contributed by atoms with Crippen molar-refractivity contribution in [3.8, 4) is 0 Å². The van der Waals surface area contributed by atoms with E-state index in [4.69, 9.17) is 0 Å². The number of carbonyl (C=O) groups is 1. The van der Waals surface area contributed by atoms with Crippen LogP contribution in [0, 0.1) is 6.92 Å². The fraction of sp³-hybridized carbons (Fsp3) is 0.500. The lowest BCUT2D eigenvalue weighted by atomic mass is 10.1. The van der Waals surface area contributed by atoms with Crippen LogP contribution in [0.15, 0.2) is 18.3 Å². The van der Waals surface area contributed by atoms with Gasteiger partial charge in [0.05, 0.1) is 0 Å². The second kappa shape index (κ2) is 5.49. The minimum absolute atomic E-state index is 0.136. The van der Waals surface area contributed by atoms with Gasteiger partial charge in [-0.15, -0.1) is 0 Å². The van der Waals surface area contributed by atoms with Crippen LogP contribution in [0.25, 0.3) is 0 Å². The second-order valence-electron chi connectivity index (χ2n) is 3.33. The number of hydrogen-bond acceptors (Lipinski definition) is 2. The highest BCUT2D eigenvalue weighted by Crippen LogP contribution is 2.12. The molecule has 0 saturated carbocycles. The second-order valence-corrected chi connectivity index (χ2v) is 3.33. The van der Waals surface area contributed by atoms with Gasteiger partial charge in [-0.3, -0.25) is 9.78 Å². The number of hydrogen-bond donors (Lipinski definition) is 0. The molecule has 0 bridgehead atoms. The van der Waals surface area contributed by atoms with E-state index < -0.39 is 0 Å². The number of rotatable bonds is 1. The molecule has 0 atom stereocenters. The minimum Gasteiger partial charge on any atom is -0.339 e. The van der Waals surface area contributed by atoms with Crippen molar-refractivity contribution < 1.29 is 4.79 Å². The van der Waals surface area contributed by atoms with Gasteiger partial charge in [0.2, 0.25) is 0 Å². The van der Waals surface area contributed by atoms with Crippen LogP contribution in [0.4, 0.5) is 0 Å². The Bertz CT molecular complexity index is 332. The number of nitrogens with zero attached hydrogens (tertiary/aromatic N) is 2. The summed E-state index contributed by atoms with van der Waals surface area (Å²) in [4.78, 5) is 17.6. The molecule has 15 heavy (non-hydrogen) atoms. The van der Waals surface area contributed by atoms with Gasteiger partial charge < -0.3 is 4.90 Å². The van der Waals surface area contributed by atoms with Gasteiger partial charge in [-0.25, -0.2) is 0 Å². The molecule has 2 rings (SSSR count). The van der Waals surface area contributed by atoms with Gasteiger partial charge in [0.1, 0.15) is 0 Å². The summed E-state index contributed by atoms with van der Waals surface area (Å²) in [5.74, 6) is 0.136. The Morgan fingerprint density at radius 1 is 1.40 bits per heavy atom. The molecule has 0 unspecified atom stereocenters. The van der Waals surface area contributed by atoms with Crippen LogP contribution in [0.3, 0.4) is 0 Å². The van der Waals surface area contributed by atoms with Gasteiger partial charge >= 0.3 is 0 Å². The molecule has 0 N–H and O–H groups in total. The zero-order valence-electron chi connectivity index (χ0n) is 9.66. The summed E-state index contributed by atoms with van der Waals surface area (Å²) in [6.07, 6.45) is 2.82.